The van der Waals surface area contributed by atoms with Crippen LogP contribution in [0.25, 0.3) is 0 Å². The summed E-state index contributed by atoms with van der Waals surface area (Å²) in [4.78, 5) is 0. The van der Waals surface area contributed by atoms with Gasteiger partial charge in [0.15, 0.2) is 0 Å². The first-order valence-electron chi connectivity index (χ1n) is 6.53. The summed E-state index contributed by atoms with van der Waals surface area (Å²) in [6, 6.07) is 0. The van der Waals surface area contributed by atoms with E-state index >= 15 is 0 Å². The van der Waals surface area contributed by atoms with Crippen LogP contribution in [0.2, 0.25) is 0 Å². The van der Waals surface area contributed by atoms with Crippen molar-refractivity contribution in [3.63, 3.8) is 0 Å². The molecule has 16 heavy (non-hydrogen) atoms. The summed E-state index contributed by atoms with van der Waals surface area (Å²) in [5, 5.41) is 9.19. The predicted octanol–water partition coefficient (Wildman–Crippen LogP) is 3.70. The largest absolute Gasteiger partial charge is 0.392 e. The second kappa shape index (κ2) is 4.37. The molecule has 0 aromatic heterocycles. The van der Waals surface area contributed by atoms with Crippen LogP contribution < -0.4 is 0 Å². The third kappa shape index (κ3) is 1.98. The fourth-order valence-corrected chi connectivity index (χ4v) is 3.72. The van der Waals surface area contributed by atoms with Crippen molar-refractivity contribution in [2.45, 2.75) is 45.4 Å². The van der Waals surface area contributed by atoms with Crippen LogP contribution in [0.15, 0.2) is 24.3 Å². The van der Waals surface area contributed by atoms with Gasteiger partial charge in [0.2, 0.25) is 0 Å². The average molecular weight is 220 g/mol. The Balaban J connectivity index is 2.12. The Morgan fingerprint density at radius 2 is 2.25 bits per heavy atom. The highest BCUT2D eigenvalue weighted by molar-refractivity contribution is 5.15. The van der Waals surface area contributed by atoms with E-state index in [0.29, 0.717) is 17.3 Å². The van der Waals surface area contributed by atoms with Gasteiger partial charge in [0.05, 0.1) is 6.61 Å². The smallest absolute Gasteiger partial charge is 0.0641 e. The van der Waals surface area contributed by atoms with Crippen molar-refractivity contribution in [3.05, 3.63) is 24.3 Å². The van der Waals surface area contributed by atoms with Gasteiger partial charge in [-0.2, -0.15) is 0 Å². The first-order valence-corrected chi connectivity index (χ1v) is 6.53. The van der Waals surface area contributed by atoms with Gasteiger partial charge in [0.25, 0.3) is 0 Å². The molecule has 2 fully saturated rings. The van der Waals surface area contributed by atoms with Gasteiger partial charge in [-0.3, -0.25) is 0 Å². The van der Waals surface area contributed by atoms with Gasteiger partial charge in [-0.1, -0.05) is 25.7 Å². The van der Waals surface area contributed by atoms with E-state index in [-0.39, 0.29) is 6.61 Å². The van der Waals surface area contributed by atoms with Gasteiger partial charge in [-0.25, -0.2) is 0 Å². The summed E-state index contributed by atoms with van der Waals surface area (Å²) in [5.74, 6) is 1.20. The van der Waals surface area contributed by atoms with E-state index in [0.717, 1.165) is 5.57 Å². The summed E-state index contributed by atoms with van der Waals surface area (Å²) in [6.07, 6.45) is 7.54. The predicted molar refractivity (Wildman–Crippen MR) is 68.2 cm³/mol. The van der Waals surface area contributed by atoms with Crippen molar-refractivity contribution in [1.82, 2.24) is 0 Å². The fraction of sp³-hybridized carbons (Fsp3) is 0.733. The van der Waals surface area contributed by atoms with Crippen LogP contribution in [-0.4, -0.2) is 11.7 Å². The third-order valence-corrected chi connectivity index (χ3v) is 4.94. The zero-order valence-corrected chi connectivity index (χ0v) is 10.5. The molecular weight excluding hydrogens is 196 g/mol. The minimum Gasteiger partial charge on any atom is -0.392 e. The lowest BCUT2D eigenvalue weighted by Crippen LogP contribution is -2.38. The van der Waals surface area contributed by atoms with Gasteiger partial charge in [0, 0.05) is 0 Å². The molecule has 0 aromatic rings. The van der Waals surface area contributed by atoms with Crippen LogP contribution in [-0.2, 0) is 0 Å². The maximum atomic E-state index is 9.19. The van der Waals surface area contributed by atoms with Crippen LogP contribution in [0, 0.1) is 17.3 Å². The molecular formula is C15H24O. The zero-order chi connectivity index (χ0) is 11.8. The summed E-state index contributed by atoms with van der Waals surface area (Å²) in [6.45, 7) is 10.9. The van der Waals surface area contributed by atoms with Crippen molar-refractivity contribution >= 4 is 0 Å². The van der Waals surface area contributed by atoms with E-state index in [1.165, 1.54) is 44.1 Å². The van der Waals surface area contributed by atoms with Gasteiger partial charge in [0.1, 0.15) is 0 Å². The van der Waals surface area contributed by atoms with Crippen LogP contribution in [0.5, 0.6) is 0 Å². The lowest BCUT2D eigenvalue weighted by atomic mass is 9.56. The first kappa shape index (κ1) is 11.9. The van der Waals surface area contributed by atoms with E-state index < -0.39 is 0 Å². The molecule has 1 nitrogen and oxygen atoms in total. The van der Waals surface area contributed by atoms with Crippen molar-refractivity contribution in [2.24, 2.45) is 17.3 Å². The minimum atomic E-state index is 0.153. The van der Waals surface area contributed by atoms with Gasteiger partial charge in [-0.05, 0) is 61.3 Å². The lowest BCUT2D eigenvalue weighted by Gasteiger charge is -2.49. The molecule has 0 unspecified atom stereocenters. The first-order chi connectivity index (χ1) is 7.57. The Morgan fingerprint density at radius 3 is 2.94 bits per heavy atom. The maximum Gasteiger partial charge on any atom is 0.0641 e. The molecule has 2 aliphatic rings. The molecule has 0 aliphatic heterocycles. The lowest BCUT2D eigenvalue weighted by molar-refractivity contribution is 0.0800. The highest BCUT2D eigenvalue weighted by atomic mass is 16.3. The van der Waals surface area contributed by atoms with Gasteiger partial charge in [-0.15, -0.1) is 0 Å². The quantitative estimate of drug-likeness (QED) is 0.704. The molecule has 0 heterocycles. The Morgan fingerprint density at radius 1 is 1.50 bits per heavy atom. The molecule has 3 atom stereocenters. The molecule has 90 valence electrons. The number of aliphatic hydroxyl groups excluding tert-OH is 1. The molecule has 2 aliphatic carbocycles. The number of aliphatic hydroxyl groups is 1. The molecule has 1 N–H and O–H groups in total. The summed E-state index contributed by atoms with van der Waals surface area (Å²) in [7, 11) is 0. The van der Waals surface area contributed by atoms with Gasteiger partial charge >= 0.3 is 0 Å². The molecule has 0 aromatic carbocycles. The number of rotatable bonds is 2. The van der Waals surface area contributed by atoms with Crippen LogP contribution in [0.3, 0.4) is 0 Å². The van der Waals surface area contributed by atoms with E-state index in [4.69, 9.17) is 0 Å². The molecule has 2 saturated carbocycles. The Kier molecular flexibility index (Phi) is 3.25. The van der Waals surface area contributed by atoms with Crippen LogP contribution in [0.4, 0.5) is 0 Å². The Labute approximate surface area is 99.3 Å². The zero-order valence-electron chi connectivity index (χ0n) is 10.5. The number of allylic oxidation sites excluding steroid dienone is 1. The van der Waals surface area contributed by atoms with Gasteiger partial charge < -0.3 is 5.11 Å². The topological polar surface area (TPSA) is 20.2 Å². The highest BCUT2D eigenvalue weighted by Gasteiger charge is 2.43. The summed E-state index contributed by atoms with van der Waals surface area (Å²) < 4.78 is 0. The molecule has 2 rings (SSSR count). The van der Waals surface area contributed by atoms with E-state index in [2.05, 4.69) is 20.1 Å². The normalized spacial score (nSPS) is 39.2. The molecule has 0 radical (unpaired) electrons. The monoisotopic (exact) mass is 220 g/mol. The highest BCUT2D eigenvalue weighted by Crippen LogP contribution is 2.54. The van der Waals surface area contributed by atoms with Crippen molar-refractivity contribution in [3.8, 4) is 0 Å². The molecule has 1 heteroatoms. The summed E-state index contributed by atoms with van der Waals surface area (Å²) in [5.41, 5.74) is 2.96. The van der Waals surface area contributed by atoms with Crippen molar-refractivity contribution in [2.75, 3.05) is 6.61 Å². The standard InChI is InChI=1S/C15H24O/c1-11-5-4-7-15(3)8-6-13(9-14(11)15)12(2)10-16/h13-14,16H,1-2,4-10H2,3H3/t13-,14-,15-/m0/s1. The maximum absolute atomic E-state index is 9.19. The second-order valence-corrected chi connectivity index (χ2v) is 6.01. The van der Waals surface area contributed by atoms with E-state index in [1.54, 1.807) is 0 Å². The van der Waals surface area contributed by atoms with Crippen LogP contribution >= 0.6 is 0 Å². The SMILES string of the molecule is C=C(CO)[C@H]1CC[C@]2(C)CCCC(=C)[C@@H]2C1. The van der Waals surface area contributed by atoms with Crippen molar-refractivity contribution < 1.29 is 5.11 Å². The fourth-order valence-electron chi connectivity index (χ4n) is 3.72. The Hall–Kier alpha value is -0.560. The average Bonchev–Trinajstić information content (AvgIpc) is 2.27. The van der Waals surface area contributed by atoms with E-state index in [1.807, 2.05) is 0 Å². The Bertz CT molecular complexity index is 305. The minimum absolute atomic E-state index is 0.153. The number of fused-ring (bicyclic) bond motifs is 1. The van der Waals surface area contributed by atoms with Crippen LogP contribution in [0.1, 0.15) is 45.4 Å². The number of hydrogen-bond donors (Lipinski definition) is 1. The summed E-state index contributed by atoms with van der Waals surface area (Å²) >= 11 is 0. The third-order valence-electron chi connectivity index (χ3n) is 4.94. The van der Waals surface area contributed by atoms with E-state index in [9.17, 15) is 5.11 Å². The molecule has 0 spiro atoms. The molecule has 0 bridgehead atoms. The number of hydrogen-bond acceptors (Lipinski definition) is 1. The molecule has 0 saturated heterocycles. The molecule has 0 amide bonds. The second-order valence-electron chi connectivity index (χ2n) is 6.01. The van der Waals surface area contributed by atoms with Crippen molar-refractivity contribution in [1.29, 1.82) is 0 Å².